The van der Waals surface area contributed by atoms with Gasteiger partial charge in [-0.15, -0.1) is 0 Å². The Morgan fingerprint density at radius 3 is 1.48 bits per heavy atom. The van der Waals surface area contributed by atoms with Crippen molar-refractivity contribution >= 4 is 21.9 Å². The molecule has 0 atom stereocenters. The molecule has 9 aromatic carbocycles. The summed E-state index contributed by atoms with van der Waals surface area (Å²) in [5.74, 6) is 0.617. The molecule has 2 aliphatic carbocycles. The minimum atomic E-state index is -0.600. The van der Waals surface area contributed by atoms with Crippen LogP contribution in [0.25, 0.3) is 100 Å². The lowest BCUT2D eigenvalue weighted by molar-refractivity contribution is 0.669. The summed E-state index contributed by atoms with van der Waals surface area (Å²) in [4.78, 5) is 10.8. The summed E-state index contributed by atoms with van der Waals surface area (Å²) in [5.41, 5.74) is 20.5. The molecule has 2 aromatic heterocycles. The molecule has 0 saturated carbocycles. The van der Waals surface area contributed by atoms with Crippen LogP contribution in [0.15, 0.2) is 223 Å². The summed E-state index contributed by atoms with van der Waals surface area (Å²) in [6.45, 7) is 0. The fraction of sp³-hybridized carbons (Fsp3) is 0.0169. The van der Waals surface area contributed by atoms with Crippen LogP contribution < -0.4 is 0 Å². The van der Waals surface area contributed by atoms with Crippen LogP contribution in [-0.4, -0.2) is 9.97 Å². The molecule has 0 fully saturated rings. The van der Waals surface area contributed by atoms with Crippen molar-refractivity contribution in [3.63, 3.8) is 0 Å². The van der Waals surface area contributed by atoms with Crippen molar-refractivity contribution < 1.29 is 4.42 Å². The molecule has 62 heavy (non-hydrogen) atoms. The highest BCUT2D eigenvalue weighted by Crippen LogP contribution is 2.61. The maximum absolute atomic E-state index is 6.60. The van der Waals surface area contributed by atoms with Crippen LogP contribution in [0, 0.1) is 0 Å². The lowest BCUT2D eigenvalue weighted by atomic mass is 9.65. The minimum absolute atomic E-state index is 0.600. The second-order valence-corrected chi connectivity index (χ2v) is 16.4. The minimum Gasteiger partial charge on any atom is -0.455 e. The normalized spacial score (nSPS) is 13.0. The van der Waals surface area contributed by atoms with Crippen molar-refractivity contribution in [1.29, 1.82) is 0 Å². The van der Waals surface area contributed by atoms with Crippen LogP contribution in [0.2, 0.25) is 0 Å². The largest absolute Gasteiger partial charge is 0.455 e. The van der Waals surface area contributed by atoms with Gasteiger partial charge in [0.05, 0.1) is 22.4 Å². The molecule has 0 N–H and O–H groups in total. The van der Waals surface area contributed by atoms with E-state index in [-0.39, 0.29) is 0 Å². The molecule has 0 unspecified atom stereocenters. The lowest BCUT2D eigenvalue weighted by Crippen LogP contribution is -2.29. The van der Waals surface area contributed by atoms with Gasteiger partial charge >= 0.3 is 0 Å². The van der Waals surface area contributed by atoms with Crippen LogP contribution >= 0.6 is 0 Å². The monoisotopic (exact) mass is 788 g/mol. The highest BCUT2D eigenvalue weighted by molar-refractivity contribution is 6.09. The second-order valence-electron chi connectivity index (χ2n) is 16.4. The van der Waals surface area contributed by atoms with E-state index in [1.54, 1.807) is 0 Å². The number of hydrogen-bond acceptors (Lipinski definition) is 3. The van der Waals surface area contributed by atoms with E-state index in [1.165, 1.54) is 55.6 Å². The van der Waals surface area contributed by atoms with Crippen LogP contribution in [0.4, 0.5) is 0 Å². The van der Waals surface area contributed by atoms with Gasteiger partial charge in [0.15, 0.2) is 5.82 Å². The molecule has 0 amide bonds. The topological polar surface area (TPSA) is 38.9 Å². The summed E-state index contributed by atoms with van der Waals surface area (Å²) in [5, 5.41) is 2.12. The van der Waals surface area contributed by atoms with Gasteiger partial charge < -0.3 is 4.42 Å². The molecule has 2 aliphatic rings. The Kier molecular flexibility index (Phi) is 7.52. The Morgan fingerprint density at radius 2 is 0.790 bits per heavy atom. The van der Waals surface area contributed by atoms with Crippen LogP contribution in [0.3, 0.4) is 0 Å². The van der Waals surface area contributed by atoms with Gasteiger partial charge in [0.25, 0.3) is 0 Å². The number of nitrogens with zero attached hydrogens (tertiary/aromatic N) is 2. The first-order chi connectivity index (χ1) is 30.7. The highest BCUT2D eigenvalue weighted by Gasteiger charge is 2.49. The third-order valence-corrected chi connectivity index (χ3v) is 13.1. The zero-order chi connectivity index (χ0) is 40.8. The van der Waals surface area contributed by atoms with Gasteiger partial charge in [-0.05, 0) is 97.1 Å². The molecular formula is C59H36N2O. The number of fused-ring (bicyclic) bond motifs is 15. The molecule has 1 spiro atoms. The molecule has 288 valence electrons. The van der Waals surface area contributed by atoms with Crippen molar-refractivity contribution in [1.82, 2.24) is 9.97 Å². The smallest absolute Gasteiger partial charge is 0.164 e. The molecule has 0 bridgehead atoms. The predicted octanol–water partition coefficient (Wildman–Crippen LogP) is 15.1. The lowest BCUT2D eigenvalue weighted by Gasteiger charge is -2.35. The summed E-state index contributed by atoms with van der Waals surface area (Å²) in [7, 11) is 0. The third-order valence-electron chi connectivity index (χ3n) is 13.1. The number of rotatable bonds is 4. The van der Waals surface area contributed by atoms with Crippen molar-refractivity contribution in [2.24, 2.45) is 0 Å². The Bertz CT molecular complexity index is 3530. The van der Waals surface area contributed by atoms with Gasteiger partial charge in [-0.25, -0.2) is 9.97 Å². The van der Waals surface area contributed by atoms with E-state index in [0.717, 1.165) is 61.1 Å². The van der Waals surface area contributed by atoms with E-state index in [9.17, 15) is 0 Å². The Balaban J connectivity index is 1.09. The molecule has 0 aliphatic heterocycles. The fourth-order valence-electron chi connectivity index (χ4n) is 10.5. The van der Waals surface area contributed by atoms with Gasteiger partial charge in [0, 0.05) is 21.9 Å². The average molecular weight is 789 g/mol. The van der Waals surface area contributed by atoms with Gasteiger partial charge in [-0.1, -0.05) is 188 Å². The molecule has 0 radical (unpaired) electrons. The van der Waals surface area contributed by atoms with Gasteiger partial charge in [-0.2, -0.15) is 0 Å². The van der Waals surface area contributed by atoms with Crippen molar-refractivity contribution in [3.8, 4) is 78.4 Å². The molecule has 13 rings (SSSR count). The zero-order valence-corrected chi connectivity index (χ0v) is 33.6. The number of para-hydroxylation sites is 2. The maximum atomic E-state index is 6.60. The highest BCUT2D eigenvalue weighted by atomic mass is 16.3. The fourth-order valence-corrected chi connectivity index (χ4v) is 10.5. The molecular weight excluding hydrogens is 753 g/mol. The summed E-state index contributed by atoms with van der Waals surface area (Å²) < 4.78 is 6.60. The quantitative estimate of drug-likeness (QED) is 0.178. The Labute approximate surface area is 359 Å². The standard InChI is InChI=1S/C59H36N2O/c1-2-16-37(17-3-1)38-18-14-19-39(34-38)54-36-55(61-58(60-54)49-27-15-26-48-47-25-9-13-31-56(47)62-57(48)49)40-32-33-46-45-24-8-12-30-52(45)59(53(46)35-40)50-28-10-6-22-43(50)41-20-4-5-21-42(41)44-23-7-11-29-51(44)59/h1-36H. The van der Waals surface area contributed by atoms with E-state index in [0.29, 0.717) is 5.82 Å². The number of hydrogen-bond donors (Lipinski definition) is 0. The molecule has 3 nitrogen and oxygen atoms in total. The Morgan fingerprint density at radius 1 is 0.306 bits per heavy atom. The van der Waals surface area contributed by atoms with Crippen LogP contribution in [-0.2, 0) is 5.41 Å². The first-order valence-electron chi connectivity index (χ1n) is 21.2. The summed E-state index contributed by atoms with van der Waals surface area (Å²) >= 11 is 0. The SMILES string of the molecule is c1ccc(-c2cccc(-c3cc(-c4ccc5c(c4)C4(c6ccccc6-c6ccccc6-c6ccccc64)c4ccccc4-5)nc(-c4cccc5c4oc4ccccc45)n3)c2)cc1. The first-order valence-corrected chi connectivity index (χ1v) is 21.2. The van der Waals surface area contributed by atoms with Crippen LogP contribution in [0.1, 0.15) is 22.3 Å². The van der Waals surface area contributed by atoms with E-state index < -0.39 is 5.41 Å². The Hall–Kier alpha value is -8.14. The van der Waals surface area contributed by atoms with E-state index in [2.05, 4.69) is 206 Å². The second kappa shape index (κ2) is 13.4. The van der Waals surface area contributed by atoms with Crippen molar-refractivity contribution in [2.45, 2.75) is 5.41 Å². The summed E-state index contributed by atoms with van der Waals surface area (Å²) in [6, 6.07) is 78.8. The van der Waals surface area contributed by atoms with Gasteiger partial charge in [0.1, 0.15) is 11.2 Å². The van der Waals surface area contributed by atoms with Crippen molar-refractivity contribution in [3.05, 3.63) is 241 Å². The molecule has 2 heterocycles. The third kappa shape index (κ3) is 5.00. The maximum Gasteiger partial charge on any atom is 0.164 e. The number of benzene rings is 9. The summed E-state index contributed by atoms with van der Waals surface area (Å²) in [6.07, 6.45) is 0. The first kappa shape index (κ1) is 34.7. The molecule has 0 saturated heterocycles. The number of furan rings is 1. The zero-order valence-electron chi connectivity index (χ0n) is 33.6. The van der Waals surface area contributed by atoms with E-state index in [4.69, 9.17) is 14.4 Å². The average Bonchev–Trinajstić information content (AvgIpc) is 3.84. The van der Waals surface area contributed by atoms with Crippen molar-refractivity contribution in [2.75, 3.05) is 0 Å². The molecule has 3 heteroatoms. The van der Waals surface area contributed by atoms with E-state index >= 15 is 0 Å². The molecule has 11 aromatic rings. The van der Waals surface area contributed by atoms with E-state index in [1.807, 2.05) is 12.1 Å². The van der Waals surface area contributed by atoms with Crippen LogP contribution in [0.5, 0.6) is 0 Å². The van der Waals surface area contributed by atoms with Gasteiger partial charge in [-0.3, -0.25) is 0 Å². The number of aromatic nitrogens is 2. The predicted molar refractivity (Wildman–Crippen MR) is 253 cm³/mol. The van der Waals surface area contributed by atoms with Gasteiger partial charge in [0.2, 0.25) is 0 Å².